The van der Waals surface area contributed by atoms with E-state index in [-0.39, 0.29) is 17.3 Å². The molecule has 1 saturated carbocycles. The lowest BCUT2D eigenvalue weighted by molar-refractivity contribution is 0.0633. The van der Waals surface area contributed by atoms with Gasteiger partial charge in [0.05, 0.1) is 18.4 Å². The summed E-state index contributed by atoms with van der Waals surface area (Å²) in [6, 6.07) is 13.5. The van der Waals surface area contributed by atoms with Crippen molar-refractivity contribution in [1.29, 1.82) is 0 Å². The van der Waals surface area contributed by atoms with Crippen LogP contribution >= 0.6 is 0 Å². The zero-order valence-electron chi connectivity index (χ0n) is 13.2. The van der Waals surface area contributed by atoms with Gasteiger partial charge in [-0.05, 0) is 25.0 Å². The summed E-state index contributed by atoms with van der Waals surface area (Å²) < 4.78 is 5.16. The highest BCUT2D eigenvalue weighted by atomic mass is 16.5. The Balaban J connectivity index is 1.81. The number of benzene rings is 2. The summed E-state index contributed by atoms with van der Waals surface area (Å²) in [5, 5.41) is 0. The van der Waals surface area contributed by atoms with Gasteiger partial charge in [0.2, 0.25) is 0 Å². The van der Waals surface area contributed by atoms with E-state index in [0.717, 1.165) is 0 Å². The number of Topliss-reactive ketones (excluding diaryl/α,β-unsaturated/α-hetero) is 3. The summed E-state index contributed by atoms with van der Waals surface area (Å²) in [5.41, 5.74) is 0.383. The van der Waals surface area contributed by atoms with Crippen LogP contribution in [-0.4, -0.2) is 24.5 Å². The van der Waals surface area contributed by atoms with E-state index in [1.165, 1.54) is 7.11 Å². The SMILES string of the molecule is COc1cccc(C(=O)C2C(=O)c3ccccc3C(=O)C23CC3)c1. The molecule has 0 bridgehead atoms. The summed E-state index contributed by atoms with van der Waals surface area (Å²) in [6.45, 7) is 0. The van der Waals surface area contributed by atoms with Gasteiger partial charge in [0, 0.05) is 16.7 Å². The van der Waals surface area contributed by atoms with E-state index in [0.29, 0.717) is 35.3 Å². The molecule has 2 aromatic carbocycles. The van der Waals surface area contributed by atoms with Crippen LogP contribution in [0.5, 0.6) is 5.75 Å². The molecule has 1 atom stereocenters. The Morgan fingerprint density at radius 1 is 1.04 bits per heavy atom. The number of fused-ring (bicyclic) bond motifs is 1. The van der Waals surface area contributed by atoms with Crippen molar-refractivity contribution < 1.29 is 19.1 Å². The number of rotatable bonds is 3. The number of carbonyl (C=O) groups is 3. The number of carbonyl (C=O) groups excluding carboxylic acids is 3. The first-order valence-corrected chi connectivity index (χ1v) is 7.95. The molecule has 0 aliphatic heterocycles. The molecule has 24 heavy (non-hydrogen) atoms. The zero-order valence-corrected chi connectivity index (χ0v) is 13.2. The molecule has 120 valence electrons. The molecule has 0 aromatic heterocycles. The quantitative estimate of drug-likeness (QED) is 0.643. The maximum Gasteiger partial charge on any atom is 0.175 e. The molecule has 1 fully saturated rings. The summed E-state index contributed by atoms with van der Waals surface area (Å²) >= 11 is 0. The Labute approximate surface area is 139 Å². The largest absolute Gasteiger partial charge is 0.497 e. The molecule has 0 saturated heterocycles. The average molecular weight is 320 g/mol. The fourth-order valence-electron chi connectivity index (χ4n) is 3.67. The van der Waals surface area contributed by atoms with Gasteiger partial charge in [-0.25, -0.2) is 0 Å². The Morgan fingerprint density at radius 2 is 1.75 bits per heavy atom. The molecule has 2 aromatic rings. The molecular weight excluding hydrogens is 304 g/mol. The lowest BCUT2D eigenvalue weighted by atomic mass is 9.68. The van der Waals surface area contributed by atoms with Gasteiger partial charge in [-0.1, -0.05) is 36.4 Å². The van der Waals surface area contributed by atoms with E-state index in [1.54, 1.807) is 48.5 Å². The highest BCUT2D eigenvalue weighted by Crippen LogP contribution is 2.58. The van der Waals surface area contributed by atoms with E-state index in [9.17, 15) is 14.4 Å². The van der Waals surface area contributed by atoms with Gasteiger partial charge >= 0.3 is 0 Å². The molecule has 2 aliphatic carbocycles. The monoisotopic (exact) mass is 320 g/mol. The van der Waals surface area contributed by atoms with Crippen molar-refractivity contribution in [1.82, 2.24) is 0 Å². The number of hydrogen-bond donors (Lipinski definition) is 0. The fraction of sp³-hybridized carbons (Fsp3) is 0.250. The number of hydrogen-bond acceptors (Lipinski definition) is 4. The van der Waals surface area contributed by atoms with Gasteiger partial charge in [-0.2, -0.15) is 0 Å². The van der Waals surface area contributed by atoms with E-state index in [4.69, 9.17) is 4.74 Å². The summed E-state index contributed by atoms with van der Waals surface area (Å²) in [4.78, 5) is 38.9. The van der Waals surface area contributed by atoms with Gasteiger partial charge in [-0.3, -0.25) is 14.4 Å². The Kier molecular flexibility index (Phi) is 3.17. The molecule has 1 spiro atoms. The van der Waals surface area contributed by atoms with Crippen LogP contribution < -0.4 is 4.74 Å². The second-order valence-electron chi connectivity index (χ2n) is 6.42. The van der Waals surface area contributed by atoms with Crippen LogP contribution in [0.4, 0.5) is 0 Å². The molecule has 0 radical (unpaired) electrons. The van der Waals surface area contributed by atoms with Crippen molar-refractivity contribution in [3.63, 3.8) is 0 Å². The molecule has 4 heteroatoms. The van der Waals surface area contributed by atoms with Gasteiger partial charge < -0.3 is 4.74 Å². The maximum absolute atomic E-state index is 13.1. The highest BCUT2D eigenvalue weighted by Gasteiger charge is 2.63. The van der Waals surface area contributed by atoms with Crippen molar-refractivity contribution in [2.45, 2.75) is 12.8 Å². The first-order chi connectivity index (χ1) is 11.6. The molecule has 1 unspecified atom stereocenters. The van der Waals surface area contributed by atoms with Crippen molar-refractivity contribution in [2.24, 2.45) is 11.3 Å². The van der Waals surface area contributed by atoms with Crippen LogP contribution in [0.15, 0.2) is 48.5 Å². The third-order valence-corrected chi connectivity index (χ3v) is 5.11. The smallest absolute Gasteiger partial charge is 0.175 e. The van der Waals surface area contributed by atoms with Gasteiger partial charge in [-0.15, -0.1) is 0 Å². The molecule has 0 amide bonds. The van der Waals surface area contributed by atoms with Crippen LogP contribution in [0.3, 0.4) is 0 Å². The molecule has 4 rings (SSSR count). The third kappa shape index (κ3) is 1.96. The predicted molar refractivity (Wildman–Crippen MR) is 87.6 cm³/mol. The van der Waals surface area contributed by atoms with Crippen molar-refractivity contribution in [3.05, 3.63) is 65.2 Å². The topological polar surface area (TPSA) is 60.4 Å². The van der Waals surface area contributed by atoms with Crippen LogP contribution in [-0.2, 0) is 0 Å². The van der Waals surface area contributed by atoms with E-state index in [2.05, 4.69) is 0 Å². The van der Waals surface area contributed by atoms with Gasteiger partial charge in [0.15, 0.2) is 17.3 Å². The number of methoxy groups -OCH3 is 1. The van der Waals surface area contributed by atoms with Crippen molar-refractivity contribution in [2.75, 3.05) is 7.11 Å². The van der Waals surface area contributed by atoms with Crippen molar-refractivity contribution >= 4 is 17.3 Å². The predicted octanol–water partition coefficient (Wildman–Crippen LogP) is 3.35. The first kappa shape index (κ1) is 14.8. The Bertz CT molecular complexity index is 877. The standard InChI is InChI=1S/C20H16O4/c1-24-13-6-4-5-12(11-13)17(21)16-18(22)14-7-2-3-8-15(14)19(23)20(16)9-10-20/h2-8,11,16H,9-10H2,1H3. The molecular formula is C20H16O4. The van der Waals surface area contributed by atoms with Gasteiger partial charge in [0.25, 0.3) is 0 Å². The molecule has 4 nitrogen and oxygen atoms in total. The summed E-state index contributed by atoms with van der Waals surface area (Å²) in [5.74, 6) is -0.971. The minimum Gasteiger partial charge on any atom is -0.497 e. The van der Waals surface area contributed by atoms with Crippen LogP contribution in [0.25, 0.3) is 0 Å². The minimum atomic E-state index is -0.924. The maximum atomic E-state index is 13.1. The molecule has 0 N–H and O–H groups in total. The van der Waals surface area contributed by atoms with Crippen LogP contribution in [0, 0.1) is 11.3 Å². The molecule has 0 heterocycles. The van der Waals surface area contributed by atoms with E-state index in [1.807, 2.05) is 0 Å². The lowest BCUT2D eigenvalue weighted by Crippen LogP contribution is -2.42. The van der Waals surface area contributed by atoms with E-state index < -0.39 is 11.3 Å². The summed E-state index contributed by atoms with van der Waals surface area (Å²) in [6.07, 6.45) is 1.18. The lowest BCUT2D eigenvalue weighted by Gasteiger charge is -2.29. The fourth-order valence-corrected chi connectivity index (χ4v) is 3.67. The number of ketones is 3. The third-order valence-electron chi connectivity index (χ3n) is 5.11. The minimum absolute atomic E-state index is 0.0704. The highest BCUT2D eigenvalue weighted by molar-refractivity contribution is 6.27. The first-order valence-electron chi connectivity index (χ1n) is 7.95. The summed E-state index contributed by atoms with van der Waals surface area (Å²) in [7, 11) is 1.53. The second kappa shape index (κ2) is 5.13. The van der Waals surface area contributed by atoms with Gasteiger partial charge in [0.1, 0.15) is 5.75 Å². The Morgan fingerprint density at radius 3 is 2.42 bits per heavy atom. The average Bonchev–Trinajstić information content (AvgIpc) is 3.41. The van der Waals surface area contributed by atoms with E-state index >= 15 is 0 Å². The number of ether oxygens (including phenoxy) is 1. The normalized spacial score (nSPS) is 20.6. The Hall–Kier alpha value is -2.75. The molecule has 2 aliphatic rings. The van der Waals surface area contributed by atoms with Crippen molar-refractivity contribution in [3.8, 4) is 5.75 Å². The zero-order chi connectivity index (χ0) is 16.9. The van der Waals surface area contributed by atoms with Crippen LogP contribution in [0.2, 0.25) is 0 Å². The second-order valence-corrected chi connectivity index (χ2v) is 6.42. The van der Waals surface area contributed by atoms with Crippen LogP contribution in [0.1, 0.15) is 43.9 Å².